The number of halogens is 1. The van der Waals surface area contributed by atoms with Gasteiger partial charge in [-0.15, -0.1) is 0 Å². The highest BCUT2D eigenvalue weighted by Gasteiger charge is 2.28. The number of benzene rings is 1. The summed E-state index contributed by atoms with van der Waals surface area (Å²) in [6, 6.07) is 4.17. The van der Waals surface area contributed by atoms with Gasteiger partial charge in [0.05, 0.1) is 29.8 Å². The Bertz CT molecular complexity index is 453. The Morgan fingerprint density at radius 1 is 1.61 bits per heavy atom. The summed E-state index contributed by atoms with van der Waals surface area (Å²) in [7, 11) is 0. The van der Waals surface area contributed by atoms with E-state index in [9.17, 15) is 9.90 Å². The van der Waals surface area contributed by atoms with E-state index in [-0.39, 0.29) is 23.3 Å². The molecule has 0 spiro atoms. The molecule has 1 atom stereocenters. The number of rotatable bonds is 2. The van der Waals surface area contributed by atoms with Crippen LogP contribution >= 0.6 is 11.6 Å². The maximum absolute atomic E-state index is 12.4. The van der Waals surface area contributed by atoms with E-state index in [0.29, 0.717) is 31.3 Å². The van der Waals surface area contributed by atoms with Crippen LogP contribution in [-0.2, 0) is 4.74 Å². The number of amides is 1. The summed E-state index contributed by atoms with van der Waals surface area (Å²) in [5.41, 5.74) is 5.91. The molecule has 5 nitrogen and oxygen atoms in total. The van der Waals surface area contributed by atoms with Crippen LogP contribution in [0.1, 0.15) is 10.4 Å². The largest absolute Gasteiger partial charge is 0.508 e. The van der Waals surface area contributed by atoms with Gasteiger partial charge < -0.3 is 20.5 Å². The summed E-state index contributed by atoms with van der Waals surface area (Å²) >= 11 is 5.98. The third-order valence-electron chi connectivity index (χ3n) is 2.94. The van der Waals surface area contributed by atoms with Crippen LogP contribution in [0, 0.1) is 0 Å². The molecule has 0 radical (unpaired) electrons. The molecule has 18 heavy (non-hydrogen) atoms. The molecule has 98 valence electrons. The van der Waals surface area contributed by atoms with E-state index in [1.807, 2.05) is 0 Å². The molecular formula is C12H15ClN2O3. The van der Waals surface area contributed by atoms with Crippen LogP contribution in [0.3, 0.4) is 0 Å². The second kappa shape index (κ2) is 5.56. The van der Waals surface area contributed by atoms with Crippen LogP contribution in [-0.4, -0.2) is 48.3 Å². The maximum Gasteiger partial charge on any atom is 0.255 e. The fourth-order valence-corrected chi connectivity index (χ4v) is 2.15. The van der Waals surface area contributed by atoms with Crippen LogP contribution in [0.2, 0.25) is 5.02 Å². The number of ether oxygens (including phenoxy) is 1. The van der Waals surface area contributed by atoms with Gasteiger partial charge in [-0.05, 0) is 18.2 Å². The van der Waals surface area contributed by atoms with Gasteiger partial charge in [-0.3, -0.25) is 4.79 Å². The van der Waals surface area contributed by atoms with Crippen molar-refractivity contribution in [2.75, 3.05) is 26.3 Å². The molecule has 3 N–H and O–H groups in total. The normalized spacial score (nSPS) is 19.9. The van der Waals surface area contributed by atoms with Crippen LogP contribution in [0.4, 0.5) is 0 Å². The van der Waals surface area contributed by atoms with E-state index in [4.69, 9.17) is 22.1 Å². The van der Waals surface area contributed by atoms with Crippen molar-refractivity contribution < 1.29 is 14.6 Å². The zero-order valence-electron chi connectivity index (χ0n) is 9.80. The van der Waals surface area contributed by atoms with E-state index in [0.717, 1.165) is 0 Å². The quantitative estimate of drug-likeness (QED) is 0.835. The number of nitrogens with zero attached hydrogens (tertiary/aromatic N) is 1. The minimum Gasteiger partial charge on any atom is -0.508 e. The second-order valence-electron chi connectivity index (χ2n) is 4.13. The molecule has 1 unspecified atom stereocenters. The minimum atomic E-state index is -0.227. The number of carbonyl (C=O) groups excluding carboxylic acids is 1. The van der Waals surface area contributed by atoms with Crippen molar-refractivity contribution in [3.8, 4) is 5.75 Å². The summed E-state index contributed by atoms with van der Waals surface area (Å²) < 4.78 is 5.29. The van der Waals surface area contributed by atoms with Crippen LogP contribution in [0.25, 0.3) is 0 Å². The molecule has 2 rings (SSSR count). The van der Waals surface area contributed by atoms with Gasteiger partial charge in [-0.25, -0.2) is 0 Å². The van der Waals surface area contributed by atoms with E-state index >= 15 is 0 Å². The predicted molar refractivity (Wildman–Crippen MR) is 67.8 cm³/mol. The monoisotopic (exact) mass is 270 g/mol. The number of phenolic OH excluding ortho intramolecular Hbond substituents is 1. The summed E-state index contributed by atoms with van der Waals surface area (Å²) in [6.07, 6.45) is 0. The highest BCUT2D eigenvalue weighted by molar-refractivity contribution is 6.33. The standard InChI is InChI=1S/C12H15ClN2O3/c13-11-2-1-9(16)5-10(11)12(17)15-3-4-18-7-8(15)6-14/h1-2,5,8,16H,3-4,6-7,14H2. The number of nitrogens with two attached hydrogens (primary N) is 1. The van der Waals surface area contributed by atoms with Crippen LogP contribution in [0.5, 0.6) is 5.75 Å². The van der Waals surface area contributed by atoms with Crippen molar-refractivity contribution in [1.82, 2.24) is 4.90 Å². The van der Waals surface area contributed by atoms with Crippen molar-refractivity contribution in [2.24, 2.45) is 5.73 Å². The Morgan fingerprint density at radius 3 is 3.11 bits per heavy atom. The number of phenols is 1. The first-order chi connectivity index (χ1) is 8.63. The molecule has 1 aromatic carbocycles. The number of morpholine rings is 1. The van der Waals surface area contributed by atoms with E-state index in [2.05, 4.69) is 0 Å². The number of hydrogen-bond donors (Lipinski definition) is 2. The first-order valence-corrected chi connectivity index (χ1v) is 6.08. The lowest BCUT2D eigenvalue weighted by Crippen LogP contribution is -2.52. The lowest BCUT2D eigenvalue weighted by atomic mass is 10.1. The molecule has 1 aromatic rings. The van der Waals surface area contributed by atoms with Gasteiger partial charge in [0.25, 0.3) is 5.91 Å². The number of hydrogen-bond acceptors (Lipinski definition) is 4. The highest BCUT2D eigenvalue weighted by Crippen LogP contribution is 2.23. The Balaban J connectivity index is 2.26. The maximum atomic E-state index is 12.4. The smallest absolute Gasteiger partial charge is 0.255 e. The zero-order valence-corrected chi connectivity index (χ0v) is 10.6. The van der Waals surface area contributed by atoms with E-state index in [1.54, 1.807) is 4.90 Å². The van der Waals surface area contributed by atoms with Crippen molar-refractivity contribution in [2.45, 2.75) is 6.04 Å². The van der Waals surface area contributed by atoms with Gasteiger partial charge in [0.15, 0.2) is 0 Å². The van der Waals surface area contributed by atoms with Crippen molar-refractivity contribution in [1.29, 1.82) is 0 Å². The summed E-state index contributed by atoms with van der Waals surface area (Å²) in [5.74, 6) is -0.213. The Morgan fingerprint density at radius 2 is 2.39 bits per heavy atom. The van der Waals surface area contributed by atoms with Gasteiger partial charge in [-0.1, -0.05) is 11.6 Å². The Hall–Kier alpha value is -1.30. The van der Waals surface area contributed by atoms with Gasteiger partial charge in [0.2, 0.25) is 0 Å². The molecule has 1 amide bonds. The Kier molecular flexibility index (Phi) is 4.06. The average Bonchev–Trinajstić information content (AvgIpc) is 2.40. The summed E-state index contributed by atoms with van der Waals surface area (Å²) in [4.78, 5) is 14.0. The first kappa shape index (κ1) is 13.1. The molecule has 0 bridgehead atoms. The number of aromatic hydroxyl groups is 1. The number of carbonyl (C=O) groups is 1. The fraction of sp³-hybridized carbons (Fsp3) is 0.417. The third kappa shape index (κ3) is 2.58. The van der Waals surface area contributed by atoms with Crippen LogP contribution < -0.4 is 5.73 Å². The van der Waals surface area contributed by atoms with Crippen molar-refractivity contribution >= 4 is 17.5 Å². The molecule has 1 aliphatic rings. The van der Waals surface area contributed by atoms with Crippen LogP contribution in [0.15, 0.2) is 18.2 Å². The molecule has 6 heteroatoms. The predicted octanol–water partition coefficient (Wildman–Crippen LogP) is 0.845. The Labute approximate surface area is 110 Å². The lowest BCUT2D eigenvalue weighted by molar-refractivity contribution is 0.000834. The summed E-state index contributed by atoms with van der Waals surface area (Å²) in [6.45, 7) is 1.73. The van der Waals surface area contributed by atoms with Crippen molar-refractivity contribution in [3.63, 3.8) is 0 Å². The van der Waals surface area contributed by atoms with Gasteiger partial charge in [0, 0.05) is 13.1 Å². The third-order valence-corrected chi connectivity index (χ3v) is 3.27. The summed E-state index contributed by atoms with van der Waals surface area (Å²) in [5, 5.41) is 9.75. The molecule has 0 aliphatic carbocycles. The molecule has 1 aliphatic heterocycles. The second-order valence-corrected chi connectivity index (χ2v) is 4.53. The first-order valence-electron chi connectivity index (χ1n) is 5.70. The van der Waals surface area contributed by atoms with Gasteiger partial charge >= 0.3 is 0 Å². The molecule has 1 saturated heterocycles. The topological polar surface area (TPSA) is 75.8 Å². The van der Waals surface area contributed by atoms with Gasteiger partial charge in [0.1, 0.15) is 5.75 Å². The minimum absolute atomic E-state index is 0.0142. The van der Waals surface area contributed by atoms with Gasteiger partial charge in [-0.2, -0.15) is 0 Å². The average molecular weight is 271 g/mol. The highest BCUT2D eigenvalue weighted by atomic mass is 35.5. The van der Waals surface area contributed by atoms with Crippen molar-refractivity contribution in [3.05, 3.63) is 28.8 Å². The molecular weight excluding hydrogens is 256 g/mol. The molecule has 1 heterocycles. The van der Waals surface area contributed by atoms with E-state index < -0.39 is 0 Å². The molecule has 0 saturated carbocycles. The fourth-order valence-electron chi connectivity index (χ4n) is 1.95. The molecule has 0 aromatic heterocycles. The SMILES string of the molecule is NCC1COCCN1C(=O)c1cc(O)ccc1Cl. The van der Waals surface area contributed by atoms with E-state index in [1.165, 1.54) is 18.2 Å². The lowest BCUT2D eigenvalue weighted by Gasteiger charge is -2.35. The zero-order chi connectivity index (χ0) is 13.1. The molecule has 1 fully saturated rings.